The van der Waals surface area contributed by atoms with Crippen LogP contribution in [-0.2, 0) is 21.0 Å². The summed E-state index contributed by atoms with van der Waals surface area (Å²) >= 11 is 0. The normalized spacial score (nSPS) is 18.6. The molecular formula is C29H28F3N3O5. The lowest BCUT2D eigenvalue weighted by Crippen LogP contribution is -2.46. The van der Waals surface area contributed by atoms with Gasteiger partial charge in [-0.2, -0.15) is 0 Å². The van der Waals surface area contributed by atoms with Crippen molar-refractivity contribution in [3.05, 3.63) is 77.6 Å². The van der Waals surface area contributed by atoms with Gasteiger partial charge in [-0.05, 0) is 66.6 Å². The summed E-state index contributed by atoms with van der Waals surface area (Å²) in [6, 6.07) is 14.6. The number of nitrogens with zero attached hydrogens (tertiary/aromatic N) is 3. The van der Waals surface area contributed by atoms with Crippen LogP contribution in [0.25, 0.3) is 11.1 Å². The maximum Gasteiger partial charge on any atom is 0.415 e. The molecule has 6 rings (SSSR count). The van der Waals surface area contributed by atoms with E-state index in [0.717, 1.165) is 23.0 Å². The van der Waals surface area contributed by atoms with Crippen LogP contribution in [0.15, 0.2) is 54.6 Å². The molecule has 0 radical (unpaired) electrons. The van der Waals surface area contributed by atoms with Crippen molar-refractivity contribution >= 4 is 17.5 Å². The van der Waals surface area contributed by atoms with E-state index in [0.29, 0.717) is 56.9 Å². The Labute approximate surface area is 229 Å². The van der Waals surface area contributed by atoms with E-state index in [9.17, 15) is 18.0 Å². The third-order valence-corrected chi connectivity index (χ3v) is 7.56. The number of rotatable bonds is 7. The Bertz CT molecular complexity index is 1410. The van der Waals surface area contributed by atoms with Crippen molar-refractivity contribution in [3.8, 4) is 16.9 Å². The molecule has 40 heavy (non-hydrogen) atoms. The van der Waals surface area contributed by atoms with Crippen LogP contribution in [0.5, 0.6) is 5.75 Å². The summed E-state index contributed by atoms with van der Waals surface area (Å²) in [6.45, 7) is 4.65. The van der Waals surface area contributed by atoms with Crippen molar-refractivity contribution in [1.82, 2.24) is 4.90 Å². The lowest BCUT2D eigenvalue weighted by molar-refractivity contribution is -0.277. The number of ether oxygens (including phenoxy) is 2. The van der Waals surface area contributed by atoms with Crippen LogP contribution in [0.4, 0.5) is 29.3 Å². The number of hydrogen-bond donors (Lipinski definition) is 0. The van der Waals surface area contributed by atoms with E-state index in [1.165, 1.54) is 11.3 Å². The maximum absolute atomic E-state index is 14.7. The first kappa shape index (κ1) is 26.4. The van der Waals surface area contributed by atoms with E-state index >= 15 is 0 Å². The van der Waals surface area contributed by atoms with Crippen LogP contribution in [0.3, 0.4) is 0 Å². The smallest absolute Gasteiger partial charge is 0.415 e. The molecule has 3 saturated heterocycles. The maximum atomic E-state index is 14.7. The van der Waals surface area contributed by atoms with Crippen molar-refractivity contribution in [2.75, 3.05) is 43.2 Å². The van der Waals surface area contributed by atoms with E-state index in [1.54, 1.807) is 35.2 Å². The van der Waals surface area contributed by atoms with Crippen molar-refractivity contribution in [2.45, 2.75) is 31.9 Å². The van der Waals surface area contributed by atoms with Crippen LogP contribution in [0, 0.1) is 17.5 Å². The van der Waals surface area contributed by atoms with Crippen LogP contribution in [0.1, 0.15) is 25.3 Å². The summed E-state index contributed by atoms with van der Waals surface area (Å²) in [5, 5.41) is 1.31. The number of hydrogen-bond acceptors (Lipinski definition) is 7. The van der Waals surface area contributed by atoms with Crippen molar-refractivity contribution < 1.29 is 37.1 Å². The number of halogens is 3. The Hall–Kier alpha value is -3.80. The van der Waals surface area contributed by atoms with Crippen molar-refractivity contribution in [1.29, 1.82) is 0 Å². The summed E-state index contributed by atoms with van der Waals surface area (Å²) in [6.07, 6.45) is 0.837. The molecule has 3 heterocycles. The minimum atomic E-state index is -1.50. The molecule has 8 nitrogen and oxygen atoms in total. The molecule has 0 saturated carbocycles. The highest BCUT2D eigenvalue weighted by atomic mass is 19.2. The minimum absolute atomic E-state index is 0.0101. The molecule has 3 aliphatic heterocycles. The predicted octanol–water partition coefficient (Wildman–Crippen LogP) is 5.80. The molecule has 1 spiro atoms. The molecule has 0 atom stereocenters. The molecule has 1 amide bonds. The van der Waals surface area contributed by atoms with Gasteiger partial charge in [-0.25, -0.2) is 27.6 Å². The van der Waals surface area contributed by atoms with Gasteiger partial charge in [0, 0.05) is 43.7 Å². The van der Waals surface area contributed by atoms with Gasteiger partial charge in [0.2, 0.25) is 6.79 Å². The fourth-order valence-electron chi connectivity index (χ4n) is 5.40. The van der Waals surface area contributed by atoms with E-state index in [1.807, 2.05) is 19.1 Å². The van der Waals surface area contributed by atoms with Gasteiger partial charge >= 0.3 is 6.09 Å². The van der Waals surface area contributed by atoms with Gasteiger partial charge in [0.1, 0.15) is 11.4 Å². The minimum Gasteiger partial charge on any atom is -0.494 e. The van der Waals surface area contributed by atoms with Gasteiger partial charge in [0.05, 0.1) is 18.8 Å². The topological polar surface area (TPSA) is 63.7 Å². The second-order valence-corrected chi connectivity index (χ2v) is 10.0. The monoisotopic (exact) mass is 555 g/mol. The molecule has 0 bridgehead atoms. The van der Waals surface area contributed by atoms with E-state index < -0.39 is 29.1 Å². The third kappa shape index (κ3) is 4.96. The predicted molar refractivity (Wildman–Crippen MR) is 140 cm³/mol. The summed E-state index contributed by atoms with van der Waals surface area (Å²) in [5.74, 6) is -3.35. The molecule has 3 fully saturated rings. The molecule has 0 aromatic heterocycles. The SMILES string of the molecule is CCOc1ccc(-c2ccc(F)c(F)c2F)c(CN2CCC3(CC2)CN(c2ccc(N4OCO4)cc2)C(=O)O3)c1. The molecule has 210 valence electrons. The zero-order valence-corrected chi connectivity index (χ0v) is 21.9. The van der Waals surface area contributed by atoms with Crippen molar-refractivity contribution in [2.24, 2.45) is 0 Å². The molecule has 0 aliphatic carbocycles. The zero-order chi connectivity index (χ0) is 27.9. The van der Waals surface area contributed by atoms with Crippen LogP contribution in [-0.4, -0.2) is 49.6 Å². The molecule has 3 aromatic rings. The summed E-state index contributed by atoms with van der Waals surface area (Å²) in [7, 11) is 0. The zero-order valence-electron chi connectivity index (χ0n) is 21.9. The summed E-state index contributed by atoms with van der Waals surface area (Å²) in [5.41, 5.74) is 2.02. The van der Waals surface area contributed by atoms with Gasteiger partial charge in [-0.15, -0.1) is 5.23 Å². The van der Waals surface area contributed by atoms with Crippen molar-refractivity contribution in [3.63, 3.8) is 0 Å². The molecule has 0 unspecified atom stereocenters. The highest BCUT2D eigenvalue weighted by Crippen LogP contribution is 2.38. The Morgan fingerprint density at radius 1 is 0.900 bits per heavy atom. The second kappa shape index (κ2) is 10.6. The van der Waals surface area contributed by atoms with Gasteiger partial charge in [0.15, 0.2) is 17.5 Å². The molecule has 11 heteroatoms. The lowest BCUT2D eigenvalue weighted by atomic mass is 9.90. The number of piperidine rings is 1. The average molecular weight is 556 g/mol. The highest BCUT2D eigenvalue weighted by Gasteiger charge is 2.47. The third-order valence-electron chi connectivity index (χ3n) is 7.56. The lowest BCUT2D eigenvalue weighted by Gasteiger charge is -2.37. The standard InChI is InChI=1S/C29H28F3N3O5/c1-2-37-22-7-8-23(24-9-10-25(30)27(32)26(24)31)19(15-22)16-33-13-11-29(12-14-33)17-34(28(36)40-29)20-3-5-21(6-4-20)35-38-18-39-35/h3-10,15H,2,11-14,16-18H2,1H3. The van der Waals surface area contributed by atoms with E-state index in [2.05, 4.69) is 4.90 Å². The fourth-order valence-corrected chi connectivity index (χ4v) is 5.40. The summed E-state index contributed by atoms with van der Waals surface area (Å²) < 4.78 is 53.9. The molecule has 3 aliphatic rings. The van der Waals surface area contributed by atoms with Crippen LogP contribution >= 0.6 is 0 Å². The van der Waals surface area contributed by atoms with Crippen LogP contribution in [0.2, 0.25) is 0 Å². The molecule has 0 N–H and O–H groups in total. The first-order valence-electron chi connectivity index (χ1n) is 13.1. The largest absolute Gasteiger partial charge is 0.494 e. The Morgan fingerprint density at radius 2 is 1.60 bits per heavy atom. The van der Waals surface area contributed by atoms with Crippen LogP contribution < -0.4 is 14.9 Å². The molecular weight excluding hydrogens is 527 g/mol. The van der Waals surface area contributed by atoms with Gasteiger partial charge < -0.3 is 9.47 Å². The number of amides is 1. The first-order valence-corrected chi connectivity index (χ1v) is 13.1. The Morgan fingerprint density at radius 3 is 2.27 bits per heavy atom. The average Bonchev–Trinajstić information content (AvgIpc) is 3.24. The fraction of sp³-hybridized carbons (Fsp3) is 0.345. The first-order chi connectivity index (χ1) is 19.4. The number of likely N-dealkylation sites (tertiary alicyclic amines) is 1. The summed E-state index contributed by atoms with van der Waals surface area (Å²) in [4.78, 5) is 26.9. The van der Waals surface area contributed by atoms with E-state index in [4.69, 9.17) is 19.1 Å². The van der Waals surface area contributed by atoms with E-state index in [-0.39, 0.29) is 12.4 Å². The van der Waals surface area contributed by atoms with Gasteiger partial charge in [-0.3, -0.25) is 9.80 Å². The molecule has 3 aromatic carbocycles. The highest BCUT2D eigenvalue weighted by molar-refractivity contribution is 5.90. The number of anilines is 2. The second-order valence-electron chi connectivity index (χ2n) is 10.0. The quantitative estimate of drug-likeness (QED) is 0.342. The van der Waals surface area contributed by atoms with Gasteiger partial charge in [-0.1, -0.05) is 6.07 Å². The Balaban J connectivity index is 1.16. The number of benzene rings is 3. The number of carbonyl (C=O) groups excluding carboxylic acids is 1. The number of carbonyl (C=O) groups is 1. The van der Waals surface area contributed by atoms with Gasteiger partial charge in [0.25, 0.3) is 0 Å². The Kier molecular flexibility index (Phi) is 7.03.